The summed E-state index contributed by atoms with van der Waals surface area (Å²) in [6, 6.07) is 0. The minimum Gasteiger partial charge on any atom is -0.478 e. The summed E-state index contributed by atoms with van der Waals surface area (Å²) in [6.07, 6.45) is 3.38. The van der Waals surface area contributed by atoms with Crippen LogP contribution in [0.15, 0.2) is 23.3 Å². The van der Waals surface area contributed by atoms with E-state index in [-0.39, 0.29) is 0 Å². The van der Waals surface area contributed by atoms with Crippen molar-refractivity contribution in [2.24, 2.45) is 0 Å². The molecule has 0 bridgehead atoms. The molecular formula is C10H18O2. The van der Waals surface area contributed by atoms with Gasteiger partial charge >= 0.3 is 5.97 Å². The number of carboxylic acids is 1. The van der Waals surface area contributed by atoms with Crippen LogP contribution in [0.1, 0.15) is 34.6 Å². The van der Waals surface area contributed by atoms with Crippen LogP contribution >= 0.6 is 0 Å². The number of allylic oxidation sites excluding steroid dienone is 3. The molecule has 2 heteroatoms. The number of rotatable bonds is 2. The first kappa shape index (κ1) is 13.5. The van der Waals surface area contributed by atoms with Gasteiger partial charge in [-0.3, -0.25) is 0 Å². The summed E-state index contributed by atoms with van der Waals surface area (Å²) < 4.78 is 0. The number of hydrogen-bond donors (Lipinski definition) is 1. The molecule has 0 aromatic heterocycles. The smallest absolute Gasteiger partial charge is 0.331 e. The van der Waals surface area contributed by atoms with Crippen molar-refractivity contribution in [1.82, 2.24) is 0 Å². The quantitative estimate of drug-likeness (QED) is 0.511. The van der Waals surface area contributed by atoms with E-state index in [1.54, 1.807) is 19.1 Å². The minimum absolute atomic E-state index is 0.362. The molecule has 2 nitrogen and oxygen atoms in total. The predicted molar refractivity (Wildman–Crippen MR) is 52.2 cm³/mol. The molecule has 0 spiro atoms. The molecule has 1 N–H and O–H groups in total. The topological polar surface area (TPSA) is 37.3 Å². The first-order chi connectivity index (χ1) is 5.54. The van der Waals surface area contributed by atoms with Crippen molar-refractivity contribution >= 4 is 5.97 Å². The van der Waals surface area contributed by atoms with Crippen molar-refractivity contribution in [3.8, 4) is 0 Å². The fraction of sp³-hybridized carbons (Fsp3) is 0.500. The van der Waals surface area contributed by atoms with Gasteiger partial charge in [0.05, 0.1) is 0 Å². The molecule has 0 radical (unpaired) electrons. The summed E-state index contributed by atoms with van der Waals surface area (Å²) in [4.78, 5) is 10.2. The Morgan fingerprint density at radius 2 is 1.50 bits per heavy atom. The van der Waals surface area contributed by atoms with Gasteiger partial charge in [0, 0.05) is 5.57 Å². The average molecular weight is 170 g/mol. The van der Waals surface area contributed by atoms with Gasteiger partial charge in [0.1, 0.15) is 0 Å². The highest BCUT2D eigenvalue weighted by Crippen LogP contribution is 1.95. The van der Waals surface area contributed by atoms with Gasteiger partial charge in [-0.15, -0.1) is 0 Å². The van der Waals surface area contributed by atoms with Gasteiger partial charge in [0.25, 0.3) is 0 Å². The molecule has 0 saturated heterocycles. The zero-order valence-corrected chi connectivity index (χ0v) is 8.51. The van der Waals surface area contributed by atoms with Gasteiger partial charge < -0.3 is 5.11 Å². The van der Waals surface area contributed by atoms with Crippen LogP contribution in [0.3, 0.4) is 0 Å². The van der Waals surface area contributed by atoms with E-state index in [4.69, 9.17) is 5.11 Å². The fourth-order valence-electron chi connectivity index (χ4n) is 0.363. The molecule has 0 saturated carbocycles. The van der Waals surface area contributed by atoms with E-state index >= 15 is 0 Å². The highest BCUT2D eigenvalue weighted by molar-refractivity contribution is 5.86. The van der Waals surface area contributed by atoms with Gasteiger partial charge in [-0.1, -0.05) is 31.6 Å². The second-order valence-corrected chi connectivity index (χ2v) is 2.40. The molecule has 0 unspecified atom stereocenters. The van der Waals surface area contributed by atoms with E-state index in [1.807, 2.05) is 27.7 Å². The number of carboxylic acid groups (broad SMARTS) is 1. The van der Waals surface area contributed by atoms with Crippen molar-refractivity contribution in [1.29, 1.82) is 0 Å². The third kappa shape index (κ3) is 8.95. The highest BCUT2D eigenvalue weighted by Gasteiger charge is 1.95. The largest absolute Gasteiger partial charge is 0.478 e. The van der Waals surface area contributed by atoms with Crippen molar-refractivity contribution in [2.45, 2.75) is 34.6 Å². The molecule has 0 heterocycles. The van der Waals surface area contributed by atoms with Crippen LogP contribution in [-0.4, -0.2) is 11.1 Å². The molecule has 0 rings (SSSR count). The van der Waals surface area contributed by atoms with Crippen molar-refractivity contribution in [3.63, 3.8) is 0 Å². The normalized spacial score (nSPS) is 9.58. The lowest BCUT2D eigenvalue weighted by molar-refractivity contribution is -0.132. The summed E-state index contributed by atoms with van der Waals surface area (Å²) in [5.41, 5.74) is 1.46. The van der Waals surface area contributed by atoms with Gasteiger partial charge in [0.15, 0.2) is 0 Å². The molecule has 12 heavy (non-hydrogen) atoms. The molecule has 0 aliphatic heterocycles. The number of carbonyl (C=O) groups is 1. The van der Waals surface area contributed by atoms with E-state index in [0.29, 0.717) is 5.57 Å². The Bertz CT molecular complexity index is 184. The van der Waals surface area contributed by atoms with Gasteiger partial charge in [-0.25, -0.2) is 4.79 Å². The molecule has 0 aliphatic carbocycles. The van der Waals surface area contributed by atoms with E-state index in [0.717, 1.165) is 5.57 Å². The van der Waals surface area contributed by atoms with Crippen molar-refractivity contribution in [3.05, 3.63) is 23.3 Å². The Morgan fingerprint density at radius 1 is 1.08 bits per heavy atom. The monoisotopic (exact) mass is 170 g/mol. The van der Waals surface area contributed by atoms with E-state index in [9.17, 15) is 4.79 Å². The van der Waals surface area contributed by atoms with Gasteiger partial charge in [-0.2, -0.15) is 0 Å². The Morgan fingerprint density at radius 3 is 1.75 bits per heavy atom. The standard InChI is InChI=1S/C8H12O2.C2H6/c1-6(2)4-5-7(3)8(9)10;1-2/h4-5H,1-3H3,(H,9,10);1-2H3/b7-5+;. The predicted octanol–water partition coefficient (Wildman–Crippen LogP) is 3.01. The third-order valence-electron chi connectivity index (χ3n) is 1.00. The maximum absolute atomic E-state index is 10.2. The van der Waals surface area contributed by atoms with Crippen LogP contribution in [0, 0.1) is 0 Å². The molecule has 0 fully saturated rings. The summed E-state index contributed by atoms with van der Waals surface area (Å²) in [5.74, 6) is -0.863. The summed E-state index contributed by atoms with van der Waals surface area (Å²) >= 11 is 0. The molecular weight excluding hydrogens is 152 g/mol. The zero-order valence-electron chi connectivity index (χ0n) is 8.51. The first-order valence-electron chi connectivity index (χ1n) is 4.09. The Kier molecular flexibility index (Phi) is 9.08. The number of hydrogen-bond acceptors (Lipinski definition) is 1. The van der Waals surface area contributed by atoms with Crippen LogP contribution in [-0.2, 0) is 4.79 Å². The summed E-state index contributed by atoms with van der Waals surface area (Å²) in [6.45, 7) is 9.42. The lowest BCUT2D eigenvalue weighted by Crippen LogP contribution is -1.94. The zero-order chi connectivity index (χ0) is 10.1. The van der Waals surface area contributed by atoms with Crippen LogP contribution < -0.4 is 0 Å². The second kappa shape index (κ2) is 8.05. The maximum atomic E-state index is 10.2. The van der Waals surface area contributed by atoms with Crippen LogP contribution in [0.2, 0.25) is 0 Å². The maximum Gasteiger partial charge on any atom is 0.331 e. The van der Waals surface area contributed by atoms with E-state index in [1.165, 1.54) is 0 Å². The molecule has 0 aromatic rings. The van der Waals surface area contributed by atoms with Crippen LogP contribution in [0.4, 0.5) is 0 Å². The van der Waals surface area contributed by atoms with E-state index < -0.39 is 5.97 Å². The Hall–Kier alpha value is -1.05. The molecule has 0 aromatic carbocycles. The highest BCUT2D eigenvalue weighted by atomic mass is 16.4. The average Bonchev–Trinajstić information content (AvgIpc) is 2.03. The van der Waals surface area contributed by atoms with E-state index in [2.05, 4.69) is 0 Å². The van der Waals surface area contributed by atoms with Gasteiger partial charge in [-0.05, 0) is 20.8 Å². The molecule has 0 aliphatic rings. The van der Waals surface area contributed by atoms with Gasteiger partial charge in [0.2, 0.25) is 0 Å². The molecule has 70 valence electrons. The van der Waals surface area contributed by atoms with Crippen molar-refractivity contribution < 1.29 is 9.90 Å². The second-order valence-electron chi connectivity index (χ2n) is 2.40. The summed E-state index contributed by atoms with van der Waals surface area (Å²) in [5, 5.41) is 8.40. The lowest BCUT2D eigenvalue weighted by atomic mass is 10.2. The SMILES string of the molecule is CC.CC(C)=C/C=C(\C)C(=O)O. The Labute approximate surface area is 74.6 Å². The van der Waals surface area contributed by atoms with Crippen LogP contribution in [0.5, 0.6) is 0 Å². The first-order valence-corrected chi connectivity index (χ1v) is 4.09. The molecule has 0 atom stereocenters. The fourth-order valence-corrected chi connectivity index (χ4v) is 0.363. The van der Waals surface area contributed by atoms with Crippen LogP contribution in [0.25, 0.3) is 0 Å². The summed E-state index contributed by atoms with van der Waals surface area (Å²) in [7, 11) is 0. The third-order valence-corrected chi connectivity index (χ3v) is 1.00. The minimum atomic E-state index is -0.863. The lowest BCUT2D eigenvalue weighted by Gasteiger charge is -1.88. The Balaban J connectivity index is 0. The molecule has 0 amide bonds. The number of aliphatic carboxylic acids is 1. The van der Waals surface area contributed by atoms with Crippen molar-refractivity contribution in [2.75, 3.05) is 0 Å².